The van der Waals surface area contributed by atoms with E-state index in [9.17, 15) is 0 Å². The average molecular weight is 285 g/mol. The first kappa shape index (κ1) is 13.3. The topological polar surface area (TPSA) is 29.9 Å². The molecule has 1 atom stereocenters. The summed E-state index contributed by atoms with van der Waals surface area (Å²) in [6.07, 6.45) is 0.916. The molecule has 3 nitrogen and oxygen atoms in total. The number of nitrogens with one attached hydrogen (secondary N) is 1. The third-order valence-electron chi connectivity index (χ3n) is 3.80. The minimum absolute atomic E-state index is 0.327. The Morgan fingerprint density at radius 1 is 1.30 bits per heavy atom. The third-order valence-corrected chi connectivity index (χ3v) is 4.93. The predicted molar refractivity (Wildman–Crippen MR) is 85.3 cm³/mol. The number of thiophene rings is 1. The fourth-order valence-corrected chi connectivity index (χ4v) is 3.74. The molecule has 0 saturated heterocycles. The predicted octanol–water partition coefficient (Wildman–Crippen LogP) is 3.45. The standard InChI is InChI=1S/C16H19N3S/c1-11-8-9-20-16(11)14(17-2)10-13-12-6-4-5-7-15(12)19(3)18-13/h4-9,14,17H,10H2,1-3H3. The normalized spacial score (nSPS) is 12.9. The molecular formula is C16H19N3S. The van der Waals surface area contributed by atoms with Gasteiger partial charge in [-0.15, -0.1) is 11.3 Å². The fourth-order valence-electron chi connectivity index (χ4n) is 2.70. The zero-order valence-corrected chi connectivity index (χ0v) is 12.9. The van der Waals surface area contributed by atoms with Crippen LogP contribution in [0.15, 0.2) is 35.7 Å². The van der Waals surface area contributed by atoms with Gasteiger partial charge in [0.2, 0.25) is 0 Å². The molecule has 1 aromatic carbocycles. The van der Waals surface area contributed by atoms with Crippen LogP contribution < -0.4 is 5.32 Å². The highest BCUT2D eigenvalue weighted by Gasteiger charge is 2.17. The average Bonchev–Trinajstić information content (AvgIpc) is 3.01. The van der Waals surface area contributed by atoms with Crippen molar-refractivity contribution in [2.45, 2.75) is 19.4 Å². The molecule has 1 N–H and O–H groups in total. The first-order valence-corrected chi connectivity index (χ1v) is 7.70. The second kappa shape index (κ2) is 5.38. The summed E-state index contributed by atoms with van der Waals surface area (Å²) >= 11 is 1.82. The summed E-state index contributed by atoms with van der Waals surface area (Å²) < 4.78 is 1.97. The SMILES string of the molecule is CNC(Cc1nn(C)c2ccccc12)c1sccc1C. The number of fused-ring (bicyclic) bond motifs is 1. The van der Waals surface area contributed by atoms with E-state index in [1.54, 1.807) is 0 Å². The van der Waals surface area contributed by atoms with Crippen LogP contribution in [0.2, 0.25) is 0 Å². The lowest BCUT2D eigenvalue weighted by Gasteiger charge is -2.14. The van der Waals surface area contributed by atoms with Crippen LogP contribution >= 0.6 is 11.3 Å². The van der Waals surface area contributed by atoms with Crippen LogP contribution in [0.1, 0.15) is 22.2 Å². The van der Waals surface area contributed by atoms with Gasteiger partial charge >= 0.3 is 0 Å². The monoisotopic (exact) mass is 285 g/mol. The van der Waals surface area contributed by atoms with Gasteiger partial charge in [-0.05, 0) is 37.0 Å². The molecule has 0 radical (unpaired) electrons. The summed E-state index contributed by atoms with van der Waals surface area (Å²) in [7, 11) is 4.03. The lowest BCUT2D eigenvalue weighted by molar-refractivity contribution is 0.586. The van der Waals surface area contributed by atoms with Gasteiger partial charge in [0.05, 0.1) is 11.2 Å². The number of aryl methyl sites for hydroxylation is 2. The lowest BCUT2D eigenvalue weighted by Crippen LogP contribution is -2.19. The minimum Gasteiger partial charge on any atom is -0.312 e. The van der Waals surface area contributed by atoms with Gasteiger partial charge in [-0.3, -0.25) is 4.68 Å². The summed E-state index contributed by atoms with van der Waals surface area (Å²) in [6, 6.07) is 10.9. The third kappa shape index (κ3) is 2.25. The maximum Gasteiger partial charge on any atom is 0.0722 e. The van der Waals surface area contributed by atoms with Gasteiger partial charge in [-0.1, -0.05) is 18.2 Å². The minimum atomic E-state index is 0.327. The van der Waals surface area contributed by atoms with Crippen molar-refractivity contribution in [1.82, 2.24) is 15.1 Å². The Morgan fingerprint density at radius 2 is 2.10 bits per heavy atom. The molecule has 0 spiro atoms. The molecule has 104 valence electrons. The highest BCUT2D eigenvalue weighted by molar-refractivity contribution is 7.10. The van der Waals surface area contributed by atoms with Crippen molar-refractivity contribution in [1.29, 1.82) is 0 Å². The largest absolute Gasteiger partial charge is 0.312 e. The van der Waals surface area contributed by atoms with Crippen LogP contribution in [0, 0.1) is 6.92 Å². The number of hydrogen-bond donors (Lipinski definition) is 1. The summed E-state index contributed by atoms with van der Waals surface area (Å²) in [5, 5.41) is 11.5. The summed E-state index contributed by atoms with van der Waals surface area (Å²) in [6.45, 7) is 2.17. The summed E-state index contributed by atoms with van der Waals surface area (Å²) in [5.41, 5.74) is 3.71. The van der Waals surface area contributed by atoms with Gasteiger partial charge in [0.1, 0.15) is 0 Å². The Labute approximate surface area is 123 Å². The van der Waals surface area contributed by atoms with Crippen LogP contribution in [0.25, 0.3) is 10.9 Å². The van der Waals surface area contributed by atoms with E-state index in [4.69, 9.17) is 5.10 Å². The van der Waals surface area contributed by atoms with Gasteiger partial charge < -0.3 is 5.32 Å². The molecule has 2 aromatic heterocycles. The van der Waals surface area contributed by atoms with Crippen molar-refractivity contribution < 1.29 is 0 Å². The van der Waals surface area contributed by atoms with Crippen molar-refractivity contribution in [3.63, 3.8) is 0 Å². The van der Waals surface area contributed by atoms with E-state index in [1.807, 2.05) is 30.1 Å². The Morgan fingerprint density at radius 3 is 2.80 bits per heavy atom. The molecule has 0 aliphatic rings. The van der Waals surface area contributed by atoms with Crippen LogP contribution in [0.5, 0.6) is 0 Å². The van der Waals surface area contributed by atoms with Crippen molar-refractivity contribution in [2.75, 3.05) is 7.05 Å². The van der Waals surface area contributed by atoms with Crippen molar-refractivity contribution >= 4 is 22.2 Å². The first-order valence-electron chi connectivity index (χ1n) is 6.82. The van der Waals surface area contributed by atoms with Crippen LogP contribution in [0.4, 0.5) is 0 Å². The van der Waals surface area contributed by atoms with Crippen molar-refractivity contribution in [2.24, 2.45) is 7.05 Å². The Bertz CT molecular complexity index is 726. The number of rotatable bonds is 4. The quantitative estimate of drug-likeness (QED) is 0.795. The van der Waals surface area contributed by atoms with E-state index in [-0.39, 0.29) is 0 Å². The maximum absolute atomic E-state index is 4.70. The molecule has 0 fully saturated rings. The number of benzene rings is 1. The lowest BCUT2D eigenvalue weighted by atomic mass is 10.0. The number of aromatic nitrogens is 2. The van der Waals surface area contributed by atoms with Crippen molar-refractivity contribution in [3.8, 4) is 0 Å². The smallest absolute Gasteiger partial charge is 0.0722 e. The van der Waals surface area contributed by atoms with E-state index in [2.05, 4.69) is 48.0 Å². The highest BCUT2D eigenvalue weighted by Crippen LogP contribution is 2.28. The summed E-state index contributed by atoms with van der Waals surface area (Å²) in [4.78, 5) is 1.40. The summed E-state index contributed by atoms with van der Waals surface area (Å²) in [5.74, 6) is 0. The van der Waals surface area contributed by atoms with Gasteiger partial charge in [-0.25, -0.2) is 0 Å². The van der Waals surface area contributed by atoms with Gasteiger partial charge in [0, 0.05) is 29.8 Å². The molecule has 0 aliphatic heterocycles. The molecular weight excluding hydrogens is 266 g/mol. The van der Waals surface area contributed by atoms with E-state index in [0.717, 1.165) is 12.1 Å². The first-order chi connectivity index (χ1) is 9.70. The number of likely N-dealkylation sites (N-methyl/N-ethyl adjacent to an activating group) is 1. The maximum atomic E-state index is 4.70. The van der Waals surface area contributed by atoms with E-state index in [0.29, 0.717) is 6.04 Å². The van der Waals surface area contributed by atoms with Crippen LogP contribution in [-0.4, -0.2) is 16.8 Å². The van der Waals surface area contributed by atoms with E-state index >= 15 is 0 Å². The van der Waals surface area contributed by atoms with Crippen LogP contribution in [-0.2, 0) is 13.5 Å². The Hall–Kier alpha value is -1.65. The second-order valence-electron chi connectivity index (χ2n) is 5.10. The zero-order chi connectivity index (χ0) is 14.1. The molecule has 0 amide bonds. The molecule has 3 rings (SSSR count). The zero-order valence-electron chi connectivity index (χ0n) is 12.1. The molecule has 0 bridgehead atoms. The van der Waals surface area contributed by atoms with Gasteiger partial charge in [-0.2, -0.15) is 5.10 Å². The van der Waals surface area contributed by atoms with Crippen LogP contribution in [0.3, 0.4) is 0 Å². The number of para-hydroxylation sites is 1. The molecule has 3 aromatic rings. The number of hydrogen-bond acceptors (Lipinski definition) is 3. The molecule has 0 saturated carbocycles. The molecule has 0 aliphatic carbocycles. The molecule has 4 heteroatoms. The highest BCUT2D eigenvalue weighted by atomic mass is 32.1. The van der Waals surface area contributed by atoms with E-state index in [1.165, 1.54) is 21.3 Å². The Kier molecular flexibility index (Phi) is 3.59. The molecule has 2 heterocycles. The number of nitrogens with zero attached hydrogens (tertiary/aromatic N) is 2. The van der Waals surface area contributed by atoms with E-state index < -0.39 is 0 Å². The van der Waals surface area contributed by atoms with Gasteiger partial charge in [0.25, 0.3) is 0 Å². The second-order valence-corrected chi connectivity index (χ2v) is 6.05. The van der Waals surface area contributed by atoms with Gasteiger partial charge in [0.15, 0.2) is 0 Å². The Balaban J connectivity index is 1.98. The molecule has 1 unspecified atom stereocenters. The molecule has 20 heavy (non-hydrogen) atoms. The fraction of sp³-hybridized carbons (Fsp3) is 0.312. The van der Waals surface area contributed by atoms with Crippen molar-refractivity contribution in [3.05, 3.63) is 51.8 Å².